The van der Waals surface area contributed by atoms with E-state index >= 15 is 0 Å². The van der Waals surface area contributed by atoms with Gasteiger partial charge in [-0.25, -0.2) is 4.79 Å². The van der Waals surface area contributed by atoms with Crippen LogP contribution in [0.5, 0.6) is 0 Å². The molecule has 4 nitrogen and oxygen atoms in total. The van der Waals surface area contributed by atoms with Crippen molar-refractivity contribution in [2.45, 2.75) is 26.4 Å². The minimum absolute atomic E-state index is 0.530. The normalized spacial score (nSPS) is 11.2. The number of nitriles is 1. The molecule has 1 aromatic carbocycles. The molecule has 0 aliphatic rings. The van der Waals surface area contributed by atoms with Gasteiger partial charge in [-0.15, -0.1) is 0 Å². The summed E-state index contributed by atoms with van der Waals surface area (Å²) in [7, 11) is 0. The van der Waals surface area contributed by atoms with Crippen LogP contribution in [0.25, 0.3) is 6.08 Å². The van der Waals surface area contributed by atoms with Crippen LogP contribution in [0, 0.1) is 11.3 Å². The number of hydrogen-bond donors (Lipinski definition) is 0. The number of carbonyl (C=O) groups is 1. The van der Waals surface area contributed by atoms with E-state index in [9.17, 15) is 4.79 Å². The van der Waals surface area contributed by atoms with E-state index in [0.717, 1.165) is 5.56 Å². The largest absolute Gasteiger partial charge is 0.365 e. The van der Waals surface area contributed by atoms with Gasteiger partial charge in [-0.2, -0.15) is 10.1 Å². The molecule has 0 aliphatic heterocycles. The van der Waals surface area contributed by atoms with Gasteiger partial charge in [-0.1, -0.05) is 12.1 Å². The minimum Gasteiger partial charge on any atom is -0.293 e. The van der Waals surface area contributed by atoms with Crippen LogP contribution in [0.15, 0.2) is 30.3 Å². The van der Waals surface area contributed by atoms with Crippen LogP contribution < -0.4 is 0 Å². The molecule has 0 saturated carbocycles. The quantitative estimate of drug-likeness (QED) is 0.466. The van der Waals surface area contributed by atoms with E-state index in [1.165, 1.54) is 6.08 Å². The van der Waals surface area contributed by atoms with Crippen molar-refractivity contribution in [2.75, 3.05) is 0 Å². The molecule has 0 aliphatic carbocycles. The Morgan fingerprint density at radius 3 is 2.39 bits per heavy atom. The second-order valence-electron chi connectivity index (χ2n) is 4.67. The first-order chi connectivity index (χ1) is 8.40. The highest BCUT2D eigenvalue weighted by atomic mass is 17.2. The lowest BCUT2D eigenvalue weighted by atomic mass is 10.1. The van der Waals surface area contributed by atoms with Crippen LogP contribution in [0.3, 0.4) is 0 Å². The van der Waals surface area contributed by atoms with Crippen molar-refractivity contribution in [1.29, 1.82) is 5.26 Å². The van der Waals surface area contributed by atoms with Crippen molar-refractivity contribution >= 4 is 12.0 Å². The second kappa shape index (κ2) is 5.99. The third-order valence-electron chi connectivity index (χ3n) is 1.83. The van der Waals surface area contributed by atoms with E-state index < -0.39 is 11.6 Å². The van der Waals surface area contributed by atoms with Crippen LogP contribution in [-0.4, -0.2) is 11.6 Å². The Labute approximate surface area is 106 Å². The van der Waals surface area contributed by atoms with Gasteiger partial charge in [0.15, 0.2) is 0 Å². The number of carbonyl (C=O) groups excluding carboxylic acids is 1. The summed E-state index contributed by atoms with van der Waals surface area (Å²) in [5.41, 5.74) is 0.852. The van der Waals surface area contributed by atoms with E-state index in [-0.39, 0.29) is 0 Å². The van der Waals surface area contributed by atoms with Gasteiger partial charge in [-0.05, 0) is 44.5 Å². The Morgan fingerprint density at radius 1 is 1.28 bits per heavy atom. The van der Waals surface area contributed by atoms with Crippen LogP contribution >= 0.6 is 0 Å². The number of hydrogen-bond acceptors (Lipinski definition) is 4. The molecule has 0 spiro atoms. The standard InChI is InChI=1S/C14H15NO3/c1-14(2,3)18-17-13(16)9-8-11-4-6-12(10-15)7-5-11/h4-9H,1-3H3/b9-8+. The van der Waals surface area contributed by atoms with Crippen molar-refractivity contribution in [1.82, 2.24) is 0 Å². The molecule has 0 fully saturated rings. The van der Waals surface area contributed by atoms with Crippen molar-refractivity contribution in [2.24, 2.45) is 0 Å². The second-order valence-corrected chi connectivity index (χ2v) is 4.67. The zero-order valence-corrected chi connectivity index (χ0v) is 10.6. The molecular weight excluding hydrogens is 230 g/mol. The highest BCUT2D eigenvalue weighted by Crippen LogP contribution is 2.08. The summed E-state index contributed by atoms with van der Waals surface area (Å²) in [6, 6.07) is 8.86. The highest BCUT2D eigenvalue weighted by Gasteiger charge is 2.13. The summed E-state index contributed by atoms with van der Waals surface area (Å²) < 4.78 is 0. The maximum absolute atomic E-state index is 11.3. The lowest BCUT2D eigenvalue weighted by molar-refractivity contribution is -0.316. The Morgan fingerprint density at radius 2 is 1.89 bits per heavy atom. The summed E-state index contributed by atoms with van der Waals surface area (Å²) >= 11 is 0. The molecule has 1 rings (SSSR count). The van der Waals surface area contributed by atoms with Crippen molar-refractivity contribution in [3.63, 3.8) is 0 Å². The molecule has 0 bridgehead atoms. The van der Waals surface area contributed by atoms with Gasteiger partial charge in [0.25, 0.3) is 0 Å². The number of rotatable bonds is 3. The summed E-state index contributed by atoms with van der Waals surface area (Å²) in [4.78, 5) is 20.8. The van der Waals surface area contributed by atoms with E-state index in [1.807, 2.05) is 6.07 Å². The Kier molecular flexibility index (Phi) is 4.64. The third-order valence-corrected chi connectivity index (χ3v) is 1.83. The molecule has 0 saturated heterocycles. The first kappa shape index (κ1) is 13.9. The summed E-state index contributed by atoms with van der Waals surface area (Å²) in [5, 5.41) is 8.63. The summed E-state index contributed by atoms with van der Waals surface area (Å²) in [5.74, 6) is -0.575. The van der Waals surface area contributed by atoms with Gasteiger partial charge in [-0.3, -0.25) is 4.89 Å². The van der Waals surface area contributed by atoms with Gasteiger partial charge in [0, 0.05) is 6.08 Å². The van der Waals surface area contributed by atoms with Gasteiger partial charge in [0.1, 0.15) is 5.60 Å². The maximum Gasteiger partial charge on any atom is 0.365 e. The van der Waals surface area contributed by atoms with Crippen LogP contribution in [-0.2, 0) is 14.6 Å². The lowest BCUT2D eigenvalue weighted by Gasteiger charge is -2.15. The van der Waals surface area contributed by atoms with Crippen molar-refractivity contribution in [3.05, 3.63) is 41.5 Å². The predicted molar refractivity (Wildman–Crippen MR) is 67.1 cm³/mol. The molecule has 0 unspecified atom stereocenters. The van der Waals surface area contributed by atoms with Crippen LogP contribution in [0.4, 0.5) is 0 Å². The zero-order chi connectivity index (χ0) is 13.6. The van der Waals surface area contributed by atoms with Gasteiger partial charge >= 0.3 is 5.97 Å². The summed E-state index contributed by atoms with van der Waals surface area (Å²) in [6.07, 6.45) is 2.86. The van der Waals surface area contributed by atoms with Crippen molar-refractivity contribution < 1.29 is 14.6 Å². The number of benzene rings is 1. The van der Waals surface area contributed by atoms with Gasteiger partial charge in [0.05, 0.1) is 11.6 Å². The Balaban J connectivity index is 2.53. The fourth-order valence-corrected chi connectivity index (χ4v) is 1.03. The van der Waals surface area contributed by atoms with Crippen LogP contribution in [0.1, 0.15) is 31.9 Å². The molecule has 18 heavy (non-hydrogen) atoms. The Bertz CT molecular complexity index is 475. The molecule has 0 amide bonds. The molecule has 4 heteroatoms. The number of nitrogens with zero attached hydrogens (tertiary/aromatic N) is 1. The average Bonchev–Trinajstić information content (AvgIpc) is 2.33. The minimum atomic E-state index is -0.575. The molecule has 0 radical (unpaired) electrons. The average molecular weight is 245 g/mol. The predicted octanol–water partition coefficient (Wildman–Crippen LogP) is 2.84. The molecular formula is C14H15NO3. The van der Waals surface area contributed by atoms with Gasteiger partial charge < -0.3 is 0 Å². The topological polar surface area (TPSA) is 59.3 Å². The monoisotopic (exact) mass is 245 g/mol. The van der Waals surface area contributed by atoms with E-state index in [4.69, 9.17) is 10.1 Å². The first-order valence-electron chi connectivity index (χ1n) is 5.48. The van der Waals surface area contributed by atoms with E-state index in [2.05, 4.69) is 4.89 Å². The van der Waals surface area contributed by atoms with E-state index in [0.29, 0.717) is 5.56 Å². The highest BCUT2D eigenvalue weighted by molar-refractivity contribution is 5.86. The maximum atomic E-state index is 11.3. The molecule has 1 aromatic rings. The SMILES string of the molecule is CC(C)(C)OOC(=O)/C=C/c1ccc(C#N)cc1. The molecule has 94 valence electrons. The molecule has 0 N–H and O–H groups in total. The zero-order valence-electron chi connectivity index (χ0n) is 10.6. The smallest absolute Gasteiger partial charge is 0.293 e. The lowest BCUT2D eigenvalue weighted by Crippen LogP contribution is -2.21. The fraction of sp³-hybridized carbons (Fsp3) is 0.286. The summed E-state index contributed by atoms with van der Waals surface area (Å²) in [6.45, 7) is 5.35. The van der Waals surface area contributed by atoms with Crippen LogP contribution in [0.2, 0.25) is 0 Å². The van der Waals surface area contributed by atoms with Crippen molar-refractivity contribution in [3.8, 4) is 6.07 Å². The third kappa shape index (κ3) is 5.28. The molecule has 0 aromatic heterocycles. The molecule has 0 heterocycles. The Hall–Kier alpha value is -2.12. The van der Waals surface area contributed by atoms with Gasteiger partial charge in [0.2, 0.25) is 0 Å². The molecule has 0 atom stereocenters. The fourth-order valence-electron chi connectivity index (χ4n) is 1.03. The van der Waals surface area contributed by atoms with E-state index in [1.54, 1.807) is 51.1 Å². The first-order valence-corrected chi connectivity index (χ1v) is 5.48.